The van der Waals surface area contributed by atoms with Crippen molar-refractivity contribution in [2.45, 2.75) is 19.3 Å². The lowest BCUT2D eigenvalue weighted by Gasteiger charge is -2.20. The first-order valence-electron chi connectivity index (χ1n) is 7.16. The highest BCUT2D eigenvalue weighted by atomic mass is 16.2. The van der Waals surface area contributed by atoms with Crippen molar-refractivity contribution in [2.24, 2.45) is 0 Å². The minimum absolute atomic E-state index is 0.102. The Hall–Kier alpha value is -2.31. The third kappa shape index (κ3) is 4.34. The SMILES string of the molecule is CNC(=O)CCNC(=O)Nc1cccnc1N1CCCC1. The molecule has 0 aromatic carbocycles. The lowest BCUT2D eigenvalue weighted by atomic mass is 10.3. The molecule has 1 saturated heterocycles. The van der Waals surface area contributed by atoms with Crippen LogP contribution in [-0.2, 0) is 4.79 Å². The van der Waals surface area contributed by atoms with Gasteiger partial charge in [0, 0.05) is 39.3 Å². The van der Waals surface area contributed by atoms with Crippen LogP contribution >= 0.6 is 0 Å². The summed E-state index contributed by atoms with van der Waals surface area (Å²) < 4.78 is 0. The summed E-state index contributed by atoms with van der Waals surface area (Å²) in [5.74, 6) is 0.700. The number of nitrogens with one attached hydrogen (secondary N) is 3. The number of carbonyl (C=O) groups is 2. The number of anilines is 2. The van der Waals surface area contributed by atoms with Crippen molar-refractivity contribution >= 4 is 23.4 Å². The molecule has 1 fully saturated rings. The smallest absolute Gasteiger partial charge is 0.319 e. The van der Waals surface area contributed by atoms with Crippen LogP contribution in [0.5, 0.6) is 0 Å². The Bertz CT molecular complexity index is 500. The number of pyridine rings is 1. The van der Waals surface area contributed by atoms with E-state index in [2.05, 4.69) is 25.8 Å². The molecule has 1 aliphatic heterocycles. The molecule has 0 aliphatic carbocycles. The molecule has 3 amide bonds. The van der Waals surface area contributed by atoms with Crippen molar-refractivity contribution in [1.29, 1.82) is 0 Å². The molecule has 0 spiro atoms. The Morgan fingerprint density at radius 2 is 2.10 bits per heavy atom. The Morgan fingerprint density at radius 3 is 2.81 bits per heavy atom. The Labute approximate surface area is 124 Å². The standard InChI is InChI=1S/C14H21N5O2/c1-15-12(20)6-8-17-14(21)18-11-5-4-7-16-13(11)19-9-2-3-10-19/h4-5,7H,2-3,6,8-10H2,1H3,(H,15,20)(H2,17,18,21). The summed E-state index contributed by atoms with van der Waals surface area (Å²) in [6, 6.07) is 3.30. The minimum atomic E-state index is -0.327. The van der Waals surface area contributed by atoms with Crippen molar-refractivity contribution in [1.82, 2.24) is 15.6 Å². The van der Waals surface area contributed by atoms with Gasteiger partial charge >= 0.3 is 6.03 Å². The van der Waals surface area contributed by atoms with Gasteiger partial charge in [-0.1, -0.05) is 0 Å². The molecule has 2 rings (SSSR count). The number of hydrogen-bond donors (Lipinski definition) is 3. The number of amides is 3. The van der Waals surface area contributed by atoms with Gasteiger partial charge in [-0.15, -0.1) is 0 Å². The molecule has 114 valence electrons. The molecule has 1 aromatic heterocycles. The fourth-order valence-corrected chi connectivity index (χ4v) is 2.26. The van der Waals surface area contributed by atoms with Crippen molar-refractivity contribution < 1.29 is 9.59 Å². The molecule has 0 bridgehead atoms. The summed E-state index contributed by atoms with van der Waals surface area (Å²) in [4.78, 5) is 29.5. The maximum atomic E-state index is 11.8. The number of urea groups is 1. The fraction of sp³-hybridized carbons (Fsp3) is 0.500. The zero-order chi connectivity index (χ0) is 15.1. The van der Waals surface area contributed by atoms with E-state index in [1.54, 1.807) is 19.3 Å². The third-order valence-electron chi connectivity index (χ3n) is 3.36. The molecule has 0 unspecified atom stereocenters. The second kappa shape index (κ2) is 7.47. The maximum Gasteiger partial charge on any atom is 0.319 e. The van der Waals surface area contributed by atoms with Crippen LogP contribution in [0.1, 0.15) is 19.3 Å². The molecular weight excluding hydrogens is 270 g/mol. The van der Waals surface area contributed by atoms with E-state index in [1.165, 1.54) is 0 Å². The number of rotatable bonds is 5. The van der Waals surface area contributed by atoms with E-state index in [1.807, 2.05) is 6.07 Å². The van der Waals surface area contributed by atoms with Crippen molar-refractivity contribution in [2.75, 3.05) is 36.9 Å². The van der Waals surface area contributed by atoms with Crippen LogP contribution in [0.4, 0.5) is 16.3 Å². The second-order valence-electron chi connectivity index (χ2n) is 4.87. The van der Waals surface area contributed by atoms with E-state index >= 15 is 0 Å². The lowest BCUT2D eigenvalue weighted by Crippen LogP contribution is -2.33. The Balaban J connectivity index is 1.90. The first-order chi connectivity index (χ1) is 10.2. The van der Waals surface area contributed by atoms with Gasteiger partial charge in [0.05, 0.1) is 5.69 Å². The predicted octanol–water partition coefficient (Wildman–Crippen LogP) is 0.939. The summed E-state index contributed by atoms with van der Waals surface area (Å²) in [6.07, 6.45) is 4.28. The third-order valence-corrected chi connectivity index (χ3v) is 3.36. The molecule has 7 nitrogen and oxygen atoms in total. The number of carbonyl (C=O) groups excluding carboxylic acids is 2. The maximum absolute atomic E-state index is 11.8. The zero-order valence-corrected chi connectivity index (χ0v) is 12.2. The zero-order valence-electron chi connectivity index (χ0n) is 12.2. The molecule has 7 heteroatoms. The van der Waals surface area contributed by atoms with Gasteiger partial charge < -0.3 is 20.9 Å². The first-order valence-corrected chi connectivity index (χ1v) is 7.16. The van der Waals surface area contributed by atoms with E-state index in [0.717, 1.165) is 31.7 Å². The van der Waals surface area contributed by atoms with Gasteiger partial charge in [0.25, 0.3) is 0 Å². The van der Waals surface area contributed by atoms with Gasteiger partial charge in [-0.05, 0) is 25.0 Å². The summed E-state index contributed by atoms with van der Waals surface area (Å²) in [5.41, 5.74) is 0.692. The highest BCUT2D eigenvalue weighted by molar-refractivity contribution is 5.92. The van der Waals surface area contributed by atoms with Gasteiger partial charge in [-0.2, -0.15) is 0 Å². The van der Waals surface area contributed by atoms with Crippen LogP contribution in [0.15, 0.2) is 18.3 Å². The molecule has 1 aromatic rings. The predicted molar refractivity (Wildman–Crippen MR) is 81.4 cm³/mol. The highest BCUT2D eigenvalue weighted by Gasteiger charge is 2.17. The summed E-state index contributed by atoms with van der Waals surface area (Å²) in [5, 5.41) is 7.96. The molecule has 0 radical (unpaired) electrons. The molecule has 3 N–H and O–H groups in total. The summed E-state index contributed by atoms with van der Waals surface area (Å²) in [7, 11) is 1.57. The van der Waals surface area contributed by atoms with E-state index in [0.29, 0.717) is 12.2 Å². The summed E-state index contributed by atoms with van der Waals surface area (Å²) >= 11 is 0. The molecule has 21 heavy (non-hydrogen) atoms. The van der Waals surface area contributed by atoms with E-state index < -0.39 is 0 Å². The molecule has 1 aliphatic rings. The highest BCUT2D eigenvalue weighted by Crippen LogP contribution is 2.25. The average Bonchev–Trinajstić information content (AvgIpc) is 3.01. The Kier molecular flexibility index (Phi) is 5.36. The van der Waals surface area contributed by atoms with Gasteiger partial charge in [0.2, 0.25) is 5.91 Å². The lowest BCUT2D eigenvalue weighted by molar-refractivity contribution is -0.120. The molecule has 2 heterocycles. The van der Waals surface area contributed by atoms with Crippen LogP contribution < -0.4 is 20.9 Å². The molecule has 0 atom stereocenters. The van der Waals surface area contributed by atoms with Gasteiger partial charge in [-0.25, -0.2) is 9.78 Å². The van der Waals surface area contributed by atoms with Crippen LogP contribution in [0.25, 0.3) is 0 Å². The van der Waals surface area contributed by atoms with Crippen molar-refractivity contribution in [3.63, 3.8) is 0 Å². The number of aromatic nitrogens is 1. The van der Waals surface area contributed by atoms with Crippen LogP contribution in [-0.4, -0.2) is 43.6 Å². The van der Waals surface area contributed by atoms with Crippen molar-refractivity contribution in [3.8, 4) is 0 Å². The topological polar surface area (TPSA) is 86.4 Å². The van der Waals surface area contributed by atoms with Crippen LogP contribution in [0.2, 0.25) is 0 Å². The van der Waals surface area contributed by atoms with Crippen molar-refractivity contribution in [3.05, 3.63) is 18.3 Å². The van der Waals surface area contributed by atoms with E-state index in [4.69, 9.17) is 0 Å². The number of hydrogen-bond acceptors (Lipinski definition) is 4. The monoisotopic (exact) mass is 291 g/mol. The van der Waals surface area contributed by atoms with Gasteiger partial charge in [-0.3, -0.25) is 4.79 Å². The number of nitrogens with zero attached hydrogens (tertiary/aromatic N) is 2. The summed E-state index contributed by atoms with van der Waals surface area (Å²) in [6.45, 7) is 2.22. The van der Waals surface area contributed by atoms with Crippen LogP contribution in [0.3, 0.4) is 0 Å². The second-order valence-corrected chi connectivity index (χ2v) is 4.87. The normalized spacial score (nSPS) is 13.9. The van der Waals surface area contributed by atoms with E-state index in [9.17, 15) is 9.59 Å². The quantitative estimate of drug-likeness (QED) is 0.753. The van der Waals surface area contributed by atoms with Gasteiger partial charge in [0.15, 0.2) is 5.82 Å². The first kappa shape index (κ1) is 15.1. The van der Waals surface area contributed by atoms with E-state index in [-0.39, 0.29) is 18.4 Å². The average molecular weight is 291 g/mol. The molecule has 0 saturated carbocycles. The fourth-order valence-electron chi connectivity index (χ4n) is 2.26. The largest absolute Gasteiger partial charge is 0.359 e. The molecular formula is C14H21N5O2. The minimum Gasteiger partial charge on any atom is -0.359 e. The Morgan fingerprint density at radius 1 is 1.33 bits per heavy atom. The van der Waals surface area contributed by atoms with Gasteiger partial charge in [0.1, 0.15) is 0 Å². The van der Waals surface area contributed by atoms with Crippen LogP contribution in [0, 0.1) is 0 Å².